The van der Waals surface area contributed by atoms with Crippen molar-refractivity contribution in [3.8, 4) is 11.5 Å². The number of rotatable bonds is 1. The van der Waals surface area contributed by atoms with Crippen molar-refractivity contribution in [3.63, 3.8) is 0 Å². The van der Waals surface area contributed by atoms with Gasteiger partial charge >= 0.3 is 0 Å². The molecular formula is C8H13N7. The summed E-state index contributed by atoms with van der Waals surface area (Å²) in [6.45, 7) is 5.98. The highest BCUT2D eigenvalue weighted by Crippen LogP contribution is 2.19. The van der Waals surface area contributed by atoms with Crippen LogP contribution in [0.5, 0.6) is 0 Å². The van der Waals surface area contributed by atoms with Crippen molar-refractivity contribution in [2.75, 3.05) is 5.73 Å². The Morgan fingerprint density at radius 2 is 2.13 bits per heavy atom. The third-order valence-electron chi connectivity index (χ3n) is 1.91. The largest absolute Gasteiger partial charge is 0.396 e. The third-order valence-corrected chi connectivity index (χ3v) is 1.91. The molecule has 2 heterocycles. The van der Waals surface area contributed by atoms with Gasteiger partial charge in [-0.25, -0.2) is 0 Å². The fraction of sp³-hybridized carbons (Fsp3) is 0.500. The van der Waals surface area contributed by atoms with Crippen molar-refractivity contribution >= 4 is 5.69 Å². The molecule has 0 atom stereocenters. The minimum atomic E-state index is -0.194. The number of H-pyrrole nitrogens is 1. The fourth-order valence-electron chi connectivity index (χ4n) is 1.07. The van der Waals surface area contributed by atoms with Crippen molar-refractivity contribution in [3.05, 3.63) is 6.20 Å². The van der Waals surface area contributed by atoms with E-state index in [9.17, 15) is 0 Å². The molecule has 0 aliphatic rings. The highest BCUT2D eigenvalue weighted by atomic mass is 15.6. The van der Waals surface area contributed by atoms with Crippen LogP contribution in [-0.4, -0.2) is 30.4 Å². The number of tetrazole rings is 1. The smallest absolute Gasteiger partial charge is 0.224 e. The van der Waals surface area contributed by atoms with Gasteiger partial charge in [-0.2, -0.15) is 9.90 Å². The molecule has 2 aromatic heterocycles. The lowest BCUT2D eigenvalue weighted by Gasteiger charge is -2.15. The first kappa shape index (κ1) is 9.63. The molecule has 80 valence electrons. The van der Waals surface area contributed by atoms with Crippen molar-refractivity contribution in [2.45, 2.75) is 26.3 Å². The van der Waals surface area contributed by atoms with Crippen LogP contribution in [0.3, 0.4) is 0 Å². The monoisotopic (exact) mass is 207 g/mol. The molecule has 0 aliphatic heterocycles. The molecule has 7 heteroatoms. The van der Waals surface area contributed by atoms with Crippen LogP contribution >= 0.6 is 0 Å². The first-order valence-corrected chi connectivity index (χ1v) is 4.58. The van der Waals surface area contributed by atoms with E-state index in [1.54, 1.807) is 4.80 Å². The Balaban J connectivity index is 2.41. The average molecular weight is 207 g/mol. The molecule has 2 rings (SSSR count). The topological polar surface area (TPSA) is 98.3 Å². The predicted molar refractivity (Wildman–Crippen MR) is 54.8 cm³/mol. The quantitative estimate of drug-likeness (QED) is 0.705. The van der Waals surface area contributed by atoms with Crippen LogP contribution < -0.4 is 5.73 Å². The minimum Gasteiger partial charge on any atom is -0.396 e. The van der Waals surface area contributed by atoms with Crippen molar-refractivity contribution in [1.29, 1.82) is 0 Å². The number of nitrogen functional groups attached to an aromatic ring is 1. The molecule has 15 heavy (non-hydrogen) atoms. The van der Waals surface area contributed by atoms with Crippen LogP contribution in [0.15, 0.2) is 6.20 Å². The summed E-state index contributed by atoms with van der Waals surface area (Å²) in [5.41, 5.74) is 6.61. The molecule has 0 bridgehead atoms. The molecule has 3 N–H and O–H groups in total. The van der Waals surface area contributed by atoms with Gasteiger partial charge < -0.3 is 5.73 Å². The van der Waals surface area contributed by atoms with Crippen LogP contribution in [0.4, 0.5) is 5.69 Å². The third kappa shape index (κ3) is 1.67. The second-order valence-electron chi connectivity index (χ2n) is 4.27. The van der Waals surface area contributed by atoms with Gasteiger partial charge in [0.2, 0.25) is 5.82 Å². The average Bonchev–Trinajstić information content (AvgIpc) is 2.69. The molecule has 0 aliphatic carbocycles. The Labute approximate surface area is 86.7 Å². The highest BCUT2D eigenvalue weighted by molar-refractivity contribution is 5.65. The first-order valence-electron chi connectivity index (χ1n) is 4.58. The number of hydrogen-bond acceptors (Lipinski definition) is 5. The molecule has 0 saturated heterocycles. The van der Waals surface area contributed by atoms with Gasteiger partial charge in [0.1, 0.15) is 5.69 Å². The molecular weight excluding hydrogens is 194 g/mol. The lowest BCUT2D eigenvalue weighted by molar-refractivity contribution is 0.306. The summed E-state index contributed by atoms with van der Waals surface area (Å²) in [5.74, 6) is 0.458. The predicted octanol–water partition coefficient (Wildman–Crippen LogP) is 0.400. The Hall–Kier alpha value is -1.92. The van der Waals surface area contributed by atoms with Gasteiger partial charge in [0.05, 0.1) is 17.4 Å². The number of aromatic nitrogens is 6. The summed E-state index contributed by atoms with van der Waals surface area (Å²) in [6.07, 6.45) is 1.52. The van der Waals surface area contributed by atoms with E-state index in [0.29, 0.717) is 17.2 Å². The van der Waals surface area contributed by atoms with Crippen molar-refractivity contribution < 1.29 is 0 Å². The van der Waals surface area contributed by atoms with Gasteiger partial charge in [0, 0.05) is 0 Å². The van der Waals surface area contributed by atoms with E-state index in [0.717, 1.165) is 0 Å². The van der Waals surface area contributed by atoms with Gasteiger partial charge in [-0.3, -0.25) is 5.10 Å². The van der Waals surface area contributed by atoms with Crippen LogP contribution in [0.2, 0.25) is 0 Å². The highest BCUT2D eigenvalue weighted by Gasteiger charge is 2.19. The van der Waals surface area contributed by atoms with E-state index < -0.39 is 0 Å². The number of nitrogens with one attached hydrogen (secondary N) is 1. The summed E-state index contributed by atoms with van der Waals surface area (Å²) < 4.78 is 0. The molecule has 0 aromatic carbocycles. The Kier molecular flexibility index (Phi) is 1.95. The second-order valence-corrected chi connectivity index (χ2v) is 4.27. The van der Waals surface area contributed by atoms with Crippen LogP contribution in [0.1, 0.15) is 20.8 Å². The fourth-order valence-corrected chi connectivity index (χ4v) is 1.07. The molecule has 0 saturated carbocycles. The maximum Gasteiger partial charge on any atom is 0.224 e. The van der Waals surface area contributed by atoms with E-state index >= 15 is 0 Å². The number of nitrogens with two attached hydrogens (primary N) is 1. The minimum absolute atomic E-state index is 0.194. The Morgan fingerprint density at radius 3 is 2.60 bits per heavy atom. The lowest BCUT2D eigenvalue weighted by Crippen LogP contribution is -2.24. The van der Waals surface area contributed by atoms with Gasteiger partial charge in [-0.1, -0.05) is 0 Å². The number of nitrogens with zero attached hydrogens (tertiary/aromatic N) is 5. The zero-order chi connectivity index (χ0) is 11.1. The molecule has 0 unspecified atom stereocenters. The Morgan fingerprint density at radius 1 is 1.40 bits per heavy atom. The maximum absolute atomic E-state index is 5.68. The zero-order valence-corrected chi connectivity index (χ0v) is 8.89. The van der Waals surface area contributed by atoms with Crippen molar-refractivity contribution in [1.82, 2.24) is 30.4 Å². The normalized spacial score (nSPS) is 11.9. The van der Waals surface area contributed by atoms with Crippen LogP contribution in [0.25, 0.3) is 11.5 Å². The number of aromatic amines is 1. The van der Waals surface area contributed by atoms with E-state index in [2.05, 4.69) is 25.6 Å². The summed E-state index contributed by atoms with van der Waals surface area (Å²) in [4.78, 5) is 1.54. The van der Waals surface area contributed by atoms with Crippen molar-refractivity contribution in [2.24, 2.45) is 0 Å². The molecule has 0 spiro atoms. The number of anilines is 1. The number of hydrogen-bond donors (Lipinski definition) is 2. The van der Waals surface area contributed by atoms with Gasteiger partial charge in [-0.05, 0) is 26.0 Å². The Bertz CT molecular complexity index is 461. The van der Waals surface area contributed by atoms with E-state index in [1.165, 1.54) is 6.20 Å². The first-order chi connectivity index (χ1) is 6.98. The second kappa shape index (κ2) is 3.04. The maximum atomic E-state index is 5.68. The molecule has 2 aromatic rings. The molecule has 0 radical (unpaired) electrons. The van der Waals surface area contributed by atoms with E-state index in [4.69, 9.17) is 5.73 Å². The van der Waals surface area contributed by atoms with Gasteiger partial charge in [-0.15, -0.1) is 10.2 Å². The SMILES string of the molecule is CC(C)(C)n1nnc(-c2[nH]ncc2N)n1. The summed E-state index contributed by atoms with van der Waals surface area (Å²) in [5, 5.41) is 18.6. The van der Waals surface area contributed by atoms with Crippen LogP contribution in [0, 0.1) is 0 Å². The molecule has 7 nitrogen and oxygen atoms in total. The lowest BCUT2D eigenvalue weighted by atomic mass is 10.1. The molecule has 0 amide bonds. The molecule has 0 fully saturated rings. The summed E-state index contributed by atoms with van der Waals surface area (Å²) in [6, 6.07) is 0. The summed E-state index contributed by atoms with van der Waals surface area (Å²) >= 11 is 0. The van der Waals surface area contributed by atoms with Crippen LogP contribution in [-0.2, 0) is 5.54 Å². The standard InChI is InChI=1S/C8H13N7/c1-8(2,3)15-13-7(12-14-15)6-5(9)4-10-11-6/h4H,9H2,1-3H3,(H,10,11). The van der Waals surface area contributed by atoms with Gasteiger partial charge in [0.25, 0.3) is 0 Å². The zero-order valence-electron chi connectivity index (χ0n) is 8.89. The van der Waals surface area contributed by atoms with E-state index in [1.807, 2.05) is 20.8 Å². The van der Waals surface area contributed by atoms with Gasteiger partial charge in [0.15, 0.2) is 0 Å². The van der Waals surface area contributed by atoms with E-state index in [-0.39, 0.29) is 5.54 Å². The summed E-state index contributed by atoms with van der Waals surface area (Å²) in [7, 11) is 0.